The zero-order valence-corrected chi connectivity index (χ0v) is 30.4. The SMILES string of the molecule is c1ccc(-c2cccc(-c3nc(-c4ccccc4)nc(-c4cccc5oc6ccc(Cc7ccc8c9ccccc9c9ccccc9c8c7)cc6c45)n3)c2)cc1. The van der Waals surface area contributed by atoms with Crippen LogP contribution in [-0.4, -0.2) is 15.0 Å². The van der Waals surface area contributed by atoms with E-state index < -0.39 is 0 Å². The van der Waals surface area contributed by atoms with Crippen molar-refractivity contribution in [3.63, 3.8) is 0 Å². The maximum Gasteiger partial charge on any atom is 0.164 e. The molecule has 0 unspecified atom stereocenters. The first-order valence-corrected chi connectivity index (χ1v) is 19.0. The van der Waals surface area contributed by atoms with Gasteiger partial charge in [-0.3, -0.25) is 0 Å². The van der Waals surface area contributed by atoms with Crippen LogP contribution in [0.1, 0.15) is 11.1 Å². The molecule has 0 bridgehead atoms. The van der Waals surface area contributed by atoms with Crippen LogP contribution in [0.15, 0.2) is 192 Å². The molecule has 0 aliphatic carbocycles. The molecular weight excluding hydrogens is 683 g/mol. The third-order valence-electron chi connectivity index (χ3n) is 10.9. The number of fused-ring (bicyclic) bond motifs is 9. The summed E-state index contributed by atoms with van der Waals surface area (Å²) in [4.78, 5) is 15.3. The minimum Gasteiger partial charge on any atom is -0.456 e. The lowest BCUT2D eigenvalue weighted by Crippen LogP contribution is -2.00. The molecule has 4 nitrogen and oxygen atoms in total. The van der Waals surface area contributed by atoms with Gasteiger partial charge < -0.3 is 4.42 Å². The molecule has 4 heteroatoms. The summed E-state index contributed by atoms with van der Waals surface area (Å²) in [6.07, 6.45) is 0.785. The van der Waals surface area contributed by atoms with Gasteiger partial charge in [0.2, 0.25) is 0 Å². The van der Waals surface area contributed by atoms with Crippen LogP contribution in [0.25, 0.3) is 99.5 Å². The Hall–Kier alpha value is -7.43. The maximum atomic E-state index is 6.49. The topological polar surface area (TPSA) is 51.8 Å². The van der Waals surface area contributed by atoms with Crippen molar-refractivity contribution in [3.8, 4) is 45.3 Å². The van der Waals surface area contributed by atoms with Gasteiger partial charge >= 0.3 is 0 Å². The summed E-state index contributed by atoms with van der Waals surface area (Å²) >= 11 is 0. The van der Waals surface area contributed by atoms with Crippen LogP contribution in [0.4, 0.5) is 0 Å². The van der Waals surface area contributed by atoms with Crippen LogP contribution in [0.5, 0.6) is 0 Å². The lowest BCUT2D eigenvalue weighted by molar-refractivity contribution is 0.669. The molecule has 11 rings (SSSR count). The number of hydrogen-bond donors (Lipinski definition) is 0. The van der Waals surface area contributed by atoms with Gasteiger partial charge in [0.25, 0.3) is 0 Å². The molecule has 56 heavy (non-hydrogen) atoms. The lowest BCUT2D eigenvalue weighted by atomic mass is 9.92. The van der Waals surface area contributed by atoms with Crippen molar-refractivity contribution in [2.75, 3.05) is 0 Å². The van der Waals surface area contributed by atoms with E-state index in [1.165, 1.54) is 43.4 Å². The number of nitrogens with zero attached hydrogens (tertiary/aromatic N) is 3. The summed E-state index contributed by atoms with van der Waals surface area (Å²) in [6.45, 7) is 0. The molecule has 0 fully saturated rings. The van der Waals surface area contributed by atoms with Gasteiger partial charge in [0.15, 0.2) is 17.5 Å². The molecule has 9 aromatic carbocycles. The van der Waals surface area contributed by atoms with Gasteiger partial charge in [-0.2, -0.15) is 0 Å². The van der Waals surface area contributed by atoms with Gasteiger partial charge in [-0.05, 0) is 85.3 Å². The van der Waals surface area contributed by atoms with E-state index >= 15 is 0 Å². The van der Waals surface area contributed by atoms with E-state index in [1.54, 1.807) is 0 Å². The van der Waals surface area contributed by atoms with Crippen molar-refractivity contribution in [1.29, 1.82) is 0 Å². The van der Waals surface area contributed by atoms with Crippen LogP contribution in [0.3, 0.4) is 0 Å². The monoisotopic (exact) mass is 715 g/mol. The molecular formula is C52H33N3O. The largest absolute Gasteiger partial charge is 0.456 e. The highest BCUT2D eigenvalue weighted by Gasteiger charge is 2.19. The van der Waals surface area contributed by atoms with Crippen molar-refractivity contribution in [2.45, 2.75) is 6.42 Å². The van der Waals surface area contributed by atoms with Gasteiger partial charge in [0, 0.05) is 27.5 Å². The first kappa shape index (κ1) is 32.0. The molecule has 0 N–H and O–H groups in total. The zero-order valence-electron chi connectivity index (χ0n) is 30.4. The Morgan fingerprint density at radius 3 is 1.55 bits per heavy atom. The fourth-order valence-corrected chi connectivity index (χ4v) is 8.28. The average molecular weight is 716 g/mol. The van der Waals surface area contributed by atoms with E-state index in [0.717, 1.165) is 56.2 Å². The highest BCUT2D eigenvalue weighted by atomic mass is 16.3. The highest BCUT2D eigenvalue weighted by Crippen LogP contribution is 2.39. The minimum absolute atomic E-state index is 0.603. The van der Waals surface area contributed by atoms with Gasteiger partial charge in [-0.1, -0.05) is 164 Å². The summed E-state index contributed by atoms with van der Waals surface area (Å²) in [7, 11) is 0. The quantitative estimate of drug-likeness (QED) is 0.161. The first-order valence-electron chi connectivity index (χ1n) is 19.0. The van der Waals surface area contributed by atoms with E-state index in [-0.39, 0.29) is 0 Å². The van der Waals surface area contributed by atoms with Crippen LogP contribution in [0.2, 0.25) is 0 Å². The highest BCUT2D eigenvalue weighted by molar-refractivity contribution is 6.25. The molecule has 0 saturated carbocycles. The Labute approximate surface area is 323 Å². The molecule has 2 heterocycles. The minimum atomic E-state index is 0.603. The van der Waals surface area contributed by atoms with Gasteiger partial charge in [0.1, 0.15) is 11.2 Å². The fraction of sp³-hybridized carbons (Fsp3) is 0.0192. The van der Waals surface area contributed by atoms with E-state index in [1.807, 2.05) is 48.5 Å². The molecule has 2 aromatic heterocycles. The zero-order chi connectivity index (χ0) is 37.0. The van der Waals surface area contributed by atoms with Gasteiger partial charge in [-0.25, -0.2) is 15.0 Å². The summed E-state index contributed by atoms with van der Waals surface area (Å²) < 4.78 is 6.49. The second-order valence-electron chi connectivity index (χ2n) is 14.4. The Morgan fingerprint density at radius 2 is 0.839 bits per heavy atom. The molecule has 0 atom stereocenters. The maximum absolute atomic E-state index is 6.49. The van der Waals surface area contributed by atoms with Crippen molar-refractivity contribution >= 4 is 54.3 Å². The summed E-state index contributed by atoms with van der Waals surface area (Å²) in [5.74, 6) is 1.85. The normalized spacial score (nSPS) is 11.6. The molecule has 0 aliphatic heterocycles. The van der Waals surface area contributed by atoms with Gasteiger partial charge in [0.05, 0.1) is 0 Å². The lowest BCUT2D eigenvalue weighted by Gasteiger charge is -2.12. The molecule has 0 radical (unpaired) electrons. The van der Waals surface area contributed by atoms with E-state index in [9.17, 15) is 0 Å². The third kappa shape index (κ3) is 5.50. The number of hydrogen-bond acceptors (Lipinski definition) is 4. The molecule has 0 amide bonds. The van der Waals surface area contributed by atoms with E-state index in [2.05, 4.69) is 140 Å². The summed E-state index contributed by atoms with van der Waals surface area (Å²) in [6, 6.07) is 66.0. The molecule has 0 spiro atoms. The molecule has 0 aliphatic rings. The Bertz CT molecular complexity index is 3240. The van der Waals surface area contributed by atoms with Crippen LogP contribution in [0, 0.1) is 0 Å². The fourth-order valence-electron chi connectivity index (χ4n) is 8.28. The Morgan fingerprint density at radius 1 is 0.321 bits per heavy atom. The molecule has 262 valence electrons. The van der Waals surface area contributed by atoms with Crippen molar-refractivity contribution in [3.05, 3.63) is 199 Å². The second-order valence-corrected chi connectivity index (χ2v) is 14.4. The van der Waals surface area contributed by atoms with Crippen molar-refractivity contribution < 1.29 is 4.42 Å². The van der Waals surface area contributed by atoms with Crippen LogP contribution >= 0.6 is 0 Å². The number of benzene rings is 9. The van der Waals surface area contributed by atoms with Crippen molar-refractivity contribution in [2.24, 2.45) is 0 Å². The number of rotatable bonds is 6. The average Bonchev–Trinajstić information content (AvgIpc) is 3.65. The van der Waals surface area contributed by atoms with Gasteiger partial charge in [-0.15, -0.1) is 0 Å². The summed E-state index contributed by atoms with van der Waals surface area (Å²) in [5.41, 5.74) is 9.11. The van der Waals surface area contributed by atoms with Crippen LogP contribution in [-0.2, 0) is 6.42 Å². The first-order chi connectivity index (χ1) is 27.7. The molecule has 11 aromatic rings. The van der Waals surface area contributed by atoms with E-state index in [0.29, 0.717) is 17.5 Å². The smallest absolute Gasteiger partial charge is 0.164 e. The molecule has 0 saturated heterocycles. The predicted octanol–water partition coefficient (Wildman–Crippen LogP) is 13.5. The predicted molar refractivity (Wildman–Crippen MR) is 231 cm³/mol. The Balaban J connectivity index is 1.04. The number of furan rings is 1. The van der Waals surface area contributed by atoms with Crippen molar-refractivity contribution in [1.82, 2.24) is 15.0 Å². The second kappa shape index (κ2) is 13.2. The number of aromatic nitrogens is 3. The standard InChI is InChI=1S/C52H33N3O/c1-3-13-35(14-4-1)37-17-11-18-38(32-37)51-53-50(36-15-5-2-6-16-36)54-52(55-51)44-23-12-24-48-49(44)46-31-34(26-28-47(46)56-48)29-33-25-27-43-41-21-8-7-19-39(41)40-20-9-10-22-42(40)45(43)30-33/h1-28,30-32H,29H2. The summed E-state index contributed by atoms with van der Waals surface area (Å²) in [5, 5.41) is 9.74. The van der Waals surface area contributed by atoms with Crippen LogP contribution < -0.4 is 0 Å². The van der Waals surface area contributed by atoms with E-state index in [4.69, 9.17) is 19.4 Å². The Kier molecular flexibility index (Phi) is 7.52. The third-order valence-corrected chi connectivity index (χ3v) is 10.9.